The summed E-state index contributed by atoms with van der Waals surface area (Å²) in [6.45, 7) is -0.125. The number of nitrogens with zero attached hydrogens (tertiary/aromatic N) is 3. The summed E-state index contributed by atoms with van der Waals surface area (Å²) < 4.78 is 0. The van der Waals surface area contributed by atoms with Crippen LogP contribution in [0.4, 0.5) is 0 Å². The Bertz CT molecular complexity index is 163. The average Bonchev–Trinajstić information content (AvgIpc) is 2.15. The summed E-state index contributed by atoms with van der Waals surface area (Å²) in [7, 11) is 0. The second-order valence-electron chi connectivity index (χ2n) is 1.49. The third-order valence-electron chi connectivity index (χ3n) is 0.769. The van der Waals surface area contributed by atoms with E-state index in [0.717, 1.165) is 0 Å². The molecule has 47 valence electrons. The molecule has 5 nitrogen and oxygen atoms in total. The fourth-order valence-electron chi connectivity index (χ4n) is 0.456. The van der Waals surface area contributed by atoms with Gasteiger partial charge in [0.15, 0.2) is 6.20 Å². The summed E-state index contributed by atoms with van der Waals surface area (Å²) in [6, 6.07) is 0. The van der Waals surface area contributed by atoms with Gasteiger partial charge in [-0.3, -0.25) is 0 Å². The van der Waals surface area contributed by atoms with Crippen molar-refractivity contribution in [2.75, 3.05) is 6.54 Å². The zero-order chi connectivity index (χ0) is 6.69. The van der Waals surface area contributed by atoms with Gasteiger partial charge in [0, 0.05) is 0 Å². The predicted octanol–water partition coefficient (Wildman–Crippen LogP) is -0.439. The van der Waals surface area contributed by atoms with Gasteiger partial charge in [-0.15, -0.1) is 5.01 Å². The van der Waals surface area contributed by atoms with E-state index < -0.39 is 5.97 Å². The SMILES string of the molecule is O=C(O)CN1C=C[N+]=N1. The van der Waals surface area contributed by atoms with Gasteiger partial charge in [0.2, 0.25) is 12.7 Å². The van der Waals surface area contributed by atoms with Crippen LogP contribution in [0, 0.1) is 0 Å². The monoisotopic (exact) mass is 127 g/mol. The lowest BCUT2D eigenvalue weighted by molar-refractivity contribution is -0.137. The minimum absolute atomic E-state index is 0.125. The van der Waals surface area contributed by atoms with E-state index >= 15 is 0 Å². The van der Waals surface area contributed by atoms with Crippen LogP contribution in [0.15, 0.2) is 17.6 Å². The second-order valence-corrected chi connectivity index (χ2v) is 1.49. The second kappa shape index (κ2) is 2.25. The highest BCUT2D eigenvalue weighted by molar-refractivity contribution is 5.69. The Kier molecular flexibility index (Phi) is 1.44. The fraction of sp³-hybridized carbons (Fsp3) is 0.250. The molecule has 0 unspecified atom stereocenters. The van der Waals surface area contributed by atoms with Gasteiger partial charge in [-0.2, -0.15) is 0 Å². The van der Waals surface area contributed by atoms with Crippen LogP contribution >= 0.6 is 0 Å². The molecule has 0 aromatic carbocycles. The van der Waals surface area contributed by atoms with Gasteiger partial charge in [0.05, 0.1) is 5.11 Å². The largest absolute Gasteiger partial charge is 0.478 e. The third-order valence-corrected chi connectivity index (χ3v) is 0.769. The third kappa shape index (κ3) is 1.52. The Labute approximate surface area is 51.3 Å². The highest BCUT2D eigenvalue weighted by Gasteiger charge is 2.14. The van der Waals surface area contributed by atoms with Crippen molar-refractivity contribution >= 4 is 5.97 Å². The number of hydrogen-bond acceptors (Lipinski definition) is 4. The summed E-state index contributed by atoms with van der Waals surface area (Å²) >= 11 is 0. The fourth-order valence-corrected chi connectivity index (χ4v) is 0.456. The van der Waals surface area contributed by atoms with Gasteiger partial charge >= 0.3 is 5.97 Å². The van der Waals surface area contributed by atoms with E-state index in [9.17, 15) is 4.79 Å². The standard InChI is InChI=1S/C4H5N3O2/c8-4(9)3-7-2-1-5-6-7/h1-2H,3H2,(H,8,9)/q+1. The molecule has 1 heterocycles. The van der Waals surface area contributed by atoms with Crippen LogP contribution in [0.3, 0.4) is 0 Å². The van der Waals surface area contributed by atoms with E-state index in [2.05, 4.69) is 10.3 Å². The molecule has 0 saturated carbocycles. The number of carboxylic acid groups (broad SMARTS) is 1. The van der Waals surface area contributed by atoms with Gasteiger partial charge in [0.25, 0.3) is 0 Å². The molecule has 1 aliphatic rings. The number of rotatable bonds is 2. The van der Waals surface area contributed by atoms with Crippen molar-refractivity contribution in [1.82, 2.24) is 10.1 Å². The molecular formula is C4H5N3O2+. The maximum Gasteiger partial charge on any atom is 0.348 e. The molecule has 0 amide bonds. The zero-order valence-corrected chi connectivity index (χ0v) is 4.56. The zero-order valence-electron chi connectivity index (χ0n) is 4.56. The smallest absolute Gasteiger partial charge is 0.348 e. The van der Waals surface area contributed by atoms with Crippen LogP contribution in [0.2, 0.25) is 0 Å². The molecule has 1 rings (SSSR count). The van der Waals surface area contributed by atoms with Crippen molar-refractivity contribution in [1.29, 1.82) is 0 Å². The summed E-state index contributed by atoms with van der Waals surface area (Å²) in [4.78, 5) is 9.98. The molecule has 0 aliphatic carbocycles. The molecule has 0 fully saturated rings. The highest BCUT2D eigenvalue weighted by Crippen LogP contribution is 1.93. The molecule has 1 aliphatic heterocycles. The van der Waals surface area contributed by atoms with E-state index in [4.69, 9.17) is 5.11 Å². The summed E-state index contributed by atoms with van der Waals surface area (Å²) in [6.07, 6.45) is 2.93. The minimum atomic E-state index is -0.916. The van der Waals surface area contributed by atoms with Crippen molar-refractivity contribution in [3.05, 3.63) is 12.4 Å². The first-order valence-electron chi connectivity index (χ1n) is 2.35. The van der Waals surface area contributed by atoms with E-state index in [1.807, 2.05) is 0 Å². The molecule has 0 atom stereocenters. The van der Waals surface area contributed by atoms with Crippen molar-refractivity contribution in [2.24, 2.45) is 5.22 Å². The van der Waals surface area contributed by atoms with Crippen molar-refractivity contribution < 1.29 is 9.90 Å². The maximum absolute atomic E-state index is 9.98. The first kappa shape index (κ1) is 5.74. The van der Waals surface area contributed by atoms with Crippen molar-refractivity contribution in [3.63, 3.8) is 0 Å². The molecule has 1 radical (unpaired) electrons. The molecule has 5 heteroatoms. The molecule has 9 heavy (non-hydrogen) atoms. The van der Waals surface area contributed by atoms with Crippen LogP contribution < -0.4 is 5.11 Å². The lowest BCUT2D eigenvalue weighted by Crippen LogP contribution is -2.17. The van der Waals surface area contributed by atoms with Crippen LogP contribution in [0.5, 0.6) is 0 Å². The predicted molar refractivity (Wildman–Crippen MR) is 28.0 cm³/mol. The molecule has 0 bridgehead atoms. The van der Waals surface area contributed by atoms with Crippen molar-refractivity contribution in [3.8, 4) is 0 Å². The number of carbonyl (C=O) groups is 1. The Morgan fingerprint density at radius 3 is 3.11 bits per heavy atom. The Balaban J connectivity index is 2.37. The van der Waals surface area contributed by atoms with Crippen LogP contribution in [0.1, 0.15) is 0 Å². The van der Waals surface area contributed by atoms with Crippen molar-refractivity contribution in [2.45, 2.75) is 0 Å². The molecule has 0 aromatic rings. The van der Waals surface area contributed by atoms with Gasteiger partial charge in [-0.05, 0) is 0 Å². The highest BCUT2D eigenvalue weighted by atomic mass is 16.4. The number of aliphatic carboxylic acids is 1. The summed E-state index contributed by atoms with van der Waals surface area (Å²) in [5.41, 5.74) is 0. The van der Waals surface area contributed by atoms with Crippen LogP contribution in [-0.2, 0) is 4.79 Å². The average molecular weight is 127 g/mol. The van der Waals surface area contributed by atoms with Crippen LogP contribution in [0.25, 0.3) is 0 Å². The molecule has 0 saturated heterocycles. The number of carboxylic acids is 1. The molecular weight excluding hydrogens is 122 g/mol. The quantitative estimate of drug-likeness (QED) is 0.546. The van der Waals surface area contributed by atoms with Gasteiger partial charge < -0.3 is 5.11 Å². The number of hydrogen-bond donors (Lipinski definition) is 1. The van der Waals surface area contributed by atoms with E-state index in [1.54, 1.807) is 0 Å². The van der Waals surface area contributed by atoms with Gasteiger partial charge in [-0.25, -0.2) is 4.79 Å². The first-order valence-corrected chi connectivity index (χ1v) is 2.35. The van der Waals surface area contributed by atoms with E-state index in [-0.39, 0.29) is 6.54 Å². The lowest BCUT2D eigenvalue weighted by Gasteiger charge is -1.92. The molecule has 0 spiro atoms. The Morgan fingerprint density at radius 2 is 2.67 bits per heavy atom. The van der Waals surface area contributed by atoms with Gasteiger partial charge in [-0.1, -0.05) is 0 Å². The summed E-state index contributed by atoms with van der Waals surface area (Å²) in [5.74, 6) is -0.916. The topological polar surface area (TPSA) is 67.0 Å². The maximum atomic E-state index is 9.98. The molecule has 1 N–H and O–H groups in total. The van der Waals surface area contributed by atoms with E-state index in [0.29, 0.717) is 0 Å². The Morgan fingerprint density at radius 1 is 1.89 bits per heavy atom. The lowest BCUT2D eigenvalue weighted by atomic mass is 10.6. The van der Waals surface area contributed by atoms with Crippen LogP contribution in [-0.4, -0.2) is 22.6 Å². The Hall–Kier alpha value is -1.39. The first-order chi connectivity index (χ1) is 4.29. The normalized spacial score (nSPS) is 14.9. The molecule has 0 aromatic heterocycles. The summed E-state index contributed by atoms with van der Waals surface area (Å²) in [5, 5.41) is 16.3. The van der Waals surface area contributed by atoms with Gasteiger partial charge in [0.1, 0.15) is 5.22 Å². The minimum Gasteiger partial charge on any atom is -0.478 e. The van der Waals surface area contributed by atoms with E-state index in [1.165, 1.54) is 17.4 Å².